The highest BCUT2D eigenvalue weighted by molar-refractivity contribution is 5.93. The molecule has 1 aromatic carbocycles. The molecule has 8 heteroatoms. The van der Waals surface area contributed by atoms with E-state index in [0.29, 0.717) is 16.8 Å². The Hall–Kier alpha value is -2.48. The van der Waals surface area contributed by atoms with Gasteiger partial charge in [0.05, 0.1) is 18.7 Å². The minimum Gasteiger partial charge on any atom is -0.463 e. The minimum absolute atomic E-state index is 0.0867. The fraction of sp³-hybridized carbons (Fsp3) is 0.444. The normalized spacial score (nSPS) is 17.2. The van der Waals surface area contributed by atoms with Crippen LogP contribution in [0.5, 0.6) is 0 Å². The highest BCUT2D eigenvalue weighted by Crippen LogP contribution is 2.30. The molecule has 0 saturated heterocycles. The molecule has 6 nitrogen and oxygen atoms in total. The molecule has 26 heavy (non-hydrogen) atoms. The third-order valence-corrected chi connectivity index (χ3v) is 4.39. The van der Waals surface area contributed by atoms with Crippen molar-refractivity contribution < 1.29 is 23.1 Å². The summed E-state index contributed by atoms with van der Waals surface area (Å²) in [6.07, 6.45) is 1.91. The number of carbonyl (C=O) groups is 2. The van der Waals surface area contributed by atoms with Gasteiger partial charge in [-0.3, -0.25) is 4.90 Å². The van der Waals surface area contributed by atoms with Crippen LogP contribution in [0.2, 0.25) is 0 Å². The summed E-state index contributed by atoms with van der Waals surface area (Å²) in [4.78, 5) is 25.8. The maximum absolute atomic E-state index is 14.0. The summed E-state index contributed by atoms with van der Waals surface area (Å²) >= 11 is 0. The van der Waals surface area contributed by atoms with Crippen LogP contribution in [0.1, 0.15) is 25.3 Å². The Bertz CT molecular complexity index is 747. The molecule has 1 aliphatic heterocycles. The number of hydrogen-bond donors (Lipinski definition) is 2. The van der Waals surface area contributed by atoms with E-state index in [2.05, 4.69) is 10.6 Å². The standard InChI is InChI=1S/C18H21F2N3O3/c1-2-26-17(24)14-8-21-18(25)22-16(14)10-23(13-5-6-13)9-11-3-4-12(19)7-15(11)20/h3-4,7,13H,2,5-6,8-10H2,1H3,(H2,21,22,25). The number of amides is 2. The van der Waals surface area contributed by atoms with Gasteiger partial charge in [0.1, 0.15) is 11.6 Å². The van der Waals surface area contributed by atoms with Crippen LogP contribution in [0.25, 0.3) is 0 Å². The molecule has 1 fully saturated rings. The van der Waals surface area contributed by atoms with Crippen molar-refractivity contribution in [3.05, 3.63) is 46.7 Å². The van der Waals surface area contributed by atoms with E-state index in [1.807, 2.05) is 4.90 Å². The zero-order valence-corrected chi connectivity index (χ0v) is 14.5. The first-order valence-corrected chi connectivity index (χ1v) is 8.60. The van der Waals surface area contributed by atoms with Crippen molar-refractivity contribution in [2.45, 2.75) is 32.4 Å². The molecule has 0 unspecified atom stereocenters. The number of benzene rings is 1. The van der Waals surface area contributed by atoms with Gasteiger partial charge in [0.15, 0.2) is 0 Å². The van der Waals surface area contributed by atoms with Crippen molar-refractivity contribution >= 4 is 12.0 Å². The van der Waals surface area contributed by atoms with Crippen LogP contribution in [-0.2, 0) is 16.1 Å². The van der Waals surface area contributed by atoms with Crippen molar-refractivity contribution in [1.29, 1.82) is 0 Å². The fourth-order valence-corrected chi connectivity index (χ4v) is 2.91. The van der Waals surface area contributed by atoms with Crippen molar-refractivity contribution in [3.63, 3.8) is 0 Å². The molecule has 0 radical (unpaired) electrons. The molecule has 1 heterocycles. The van der Waals surface area contributed by atoms with Crippen molar-refractivity contribution in [2.75, 3.05) is 19.7 Å². The van der Waals surface area contributed by atoms with Gasteiger partial charge in [-0.2, -0.15) is 0 Å². The third kappa shape index (κ3) is 4.37. The second-order valence-corrected chi connectivity index (χ2v) is 6.36. The Labute approximate surface area is 150 Å². The van der Waals surface area contributed by atoms with E-state index in [1.165, 1.54) is 12.1 Å². The summed E-state index contributed by atoms with van der Waals surface area (Å²) in [5, 5.41) is 5.22. The Morgan fingerprint density at radius 1 is 1.31 bits per heavy atom. The molecule has 0 aromatic heterocycles. The number of ether oxygens (including phenoxy) is 1. The second kappa shape index (κ2) is 7.82. The van der Waals surface area contributed by atoms with Crippen LogP contribution in [-0.4, -0.2) is 42.6 Å². The lowest BCUT2D eigenvalue weighted by atomic mass is 10.1. The predicted octanol–water partition coefficient (Wildman–Crippen LogP) is 2.06. The lowest BCUT2D eigenvalue weighted by Gasteiger charge is -2.28. The lowest BCUT2D eigenvalue weighted by molar-refractivity contribution is -0.138. The van der Waals surface area contributed by atoms with Gasteiger partial charge in [-0.25, -0.2) is 18.4 Å². The van der Waals surface area contributed by atoms with Crippen LogP contribution in [0.3, 0.4) is 0 Å². The summed E-state index contributed by atoms with van der Waals surface area (Å²) in [5.41, 5.74) is 1.19. The van der Waals surface area contributed by atoms with Crippen LogP contribution in [0.4, 0.5) is 13.6 Å². The molecule has 0 bridgehead atoms. The summed E-state index contributed by atoms with van der Waals surface area (Å²) in [6, 6.07) is 3.34. The second-order valence-electron chi connectivity index (χ2n) is 6.36. The SMILES string of the molecule is CCOC(=O)C1=C(CN(Cc2ccc(F)cc2F)C2CC2)NC(=O)NC1. The number of carbonyl (C=O) groups excluding carboxylic acids is 2. The molecule has 1 aromatic rings. The monoisotopic (exact) mass is 365 g/mol. The molecule has 0 atom stereocenters. The molecular formula is C18H21F2N3O3. The lowest BCUT2D eigenvalue weighted by Crippen LogP contribution is -2.47. The third-order valence-electron chi connectivity index (χ3n) is 4.39. The quantitative estimate of drug-likeness (QED) is 0.726. The molecule has 2 aliphatic rings. The van der Waals surface area contributed by atoms with Crippen LogP contribution in [0, 0.1) is 11.6 Å². The Morgan fingerprint density at radius 3 is 2.73 bits per heavy atom. The van der Waals surface area contributed by atoms with Gasteiger partial charge in [0.2, 0.25) is 0 Å². The van der Waals surface area contributed by atoms with Crippen LogP contribution >= 0.6 is 0 Å². The number of nitrogens with one attached hydrogen (secondary N) is 2. The summed E-state index contributed by atoms with van der Waals surface area (Å²) in [7, 11) is 0. The first-order valence-electron chi connectivity index (χ1n) is 8.60. The average molecular weight is 365 g/mol. The Balaban J connectivity index is 1.81. The van der Waals surface area contributed by atoms with E-state index in [9.17, 15) is 18.4 Å². The zero-order valence-electron chi connectivity index (χ0n) is 14.5. The highest BCUT2D eigenvalue weighted by atomic mass is 19.1. The van der Waals surface area contributed by atoms with E-state index < -0.39 is 23.6 Å². The molecule has 3 rings (SSSR count). The van der Waals surface area contributed by atoms with Gasteiger partial charge < -0.3 is 15.4 Å². The van der Waals surface area contributed by atoms with Gasteiger partial charge >= 0.3 is 12.0 Å². The van der Waals surface area contributed by atoms with Crippen molar-refractivity contribution in [2.24, 2.45) is 0 Å². The highest BCUT2D eigenvalue weighted by Gasteiger charge is 2.32. The van der Waals surface area contributed by atoms with Gasteiger partial charge in [-0.15, -0.1) is 0 Å². The van der Waals surface area contributed by atoms with Crippen molar-refractivity contribution in [3.8, 4) is 0 Å². The van der Waals surface area contributed by atoms with Gasteiger partial charge in [-0.05, 0) is 25.8 Å². The maximum Gasteiger partial charge on any atom is 0.337 e. The molecule has 2 N–H and O–H groups in total. The predicted molar refractivity (Wildman–Crippen MR) is 90.0 cm³/mol. The summed E-state index contributed by atoms with van der Waals surface area (Å²) in [5.74, 6) is -1.72. The first kappa shape index (κ1) is 18.3. The van der Waals surface area contributed by atoms with E-state index in [0.717, 1.165) is 18.9 Å². The van der Waals surface area contributed by atoms with Gasteiger partial charge in [0, 0.05) is 36.5 Å². The summed E-state index contributed by atoms with van der Waals surface area (Å²) in [6.45, 7) is 2.57. The van der Waals surface area contributed by atoms with E-state index >= 15 is 0 Å². The van der Waals surface area contributed by atoms with Gasteiger partial charge in [-0.1, -0.05) is 6.07 Å². The largest absolute Gasteiger partial charge is 0.463 e. The topological polar surface area (TPSA) is 70.7 Å². The number of nitrogens with zero attached hydrogens (tertiary/aromatic N) is 1. The van der Waals surface area contributed by atoms with Gasteiger partial charge in [0.25, 0.3) is 0 Å². The molecular weight excluding hydrogens is 344 g/mol. The van der Waals surface area contributed by atoms with Crippen molar-refractivity contribution in [1.82, 2.24) is 15.5 Å². The number of hydrogen-bond acceptors (Lipinski definition) is 4. The molecule has 0 spiro atoms. The molecule has 2 amide bonds. The Kier molecular flexibility index (Phi) is 5.51. The zero-order chi connectivity index (χ0) is 18.7. The van der Waals surface area contributed by atoms with E-state index in [4.69, 9.17) is 4.74 Å². The average Bonchev–Trinajstić information content (AvgIpc) is 3.42. The minimum atomic E-state index is -0.623. The fourth-order valence-electron chi connectivity index (χ4n) is 2.91. The van der Waals surface area contributed by atoms with E-state index in [1.54, 1.807) is 6.92 Å². The smallest absolute Gasteiger partial charge is 0.337 e. The Morgan fingerprint density at radius 2 is 2.08 bits per heavy atom. The molecule has 140 valence electrons. The number of urea groups is 1. The summed E-state index contributed by atoms with van der Waals surface area (Å²) < 4.78 is 32.2. The number of halogens is 2. The first-order chi connectivity index (χ1) is 12.5. The number of rotatable bonds is 7. The molecule has 1 aliphatic carbocycles. The number of esters is 1. The van der Waals surface area contributed by atoms with Crippen LogP contribution in [0.15, 0.2) is 29.5 Å². The maximum atomic E-state index is 14.0. The van der Waals surface area contributed by atoms with E-state index in [-0.39, 0.29) is 32.3 Å². The van der Waals surface area contributed by atoms with Crippen LogP contribution < -0.4 is 10.6 Å². The molecule has 1 saturated carbocycles.